The van der Waals surface area contributed by atoms with E-state index >= 15 is 0 Å². The van der Waals surface area contributed by atoms with Crippen LogP contribution in [0.5, 0.6) is 5.75 Å². The summed E-state index contributed by atoms with van der Waals surface area (Å²) in [5.41, 5.74) is 4.36. The smallest absolute Gasteiger partial charge is 0.192 e. The fourth-order valence-corrected chi connectivity index (χ4v) is 4.09. The maximum absolute atomic E-state index is 6.34. The monoisotopic (exact) mass is 304 g/mol. The van der Waals surface area contributed by atoms with Gasteiger partial charge in [0.1, 0.15) is 11.9 Å². The molecule has 1 atom stereocenters. The second-order valence-electron chi connectivity index (χ2n) is 8.06. The Labute approximate surface area is 130 Å². The van der Waals surface area contributed by atoms with Crippen molar-refractivity contribution in [2.24, 2.45) is 0 Å². The number of hydrogen-bond acceptors (Lipinski definition) is 2. The lowest BCUT2D eigenvalue weighted by molar-refractivity contribution is 0.138. The van der Waals surface area contributed by atoms with E-state index in [1.165, 1.54) is 41.7 Å². The molecule has 0 saturated heterocycles. The predicted molar refractivity (Wildman–Crippen MR) is 89.7 cm³/mol. The summed E-state index contributed by atoms with van der Waals surface area (Å²) in [5, 5.41) is 0.264. The molecule has 2 nitrogen and oxygen atoms in total. The van der Waals surface area contributed by atoms with Gasteiger partial charge in [0.05, 0.1) is 6.61 Å². The molecule has 0 amide bonds. The third-order valence-electron chi connectivity index (χ3n) is 5.48. The standard InChI is InChI=1S/C18H28O2Si/c1-18(2,3)21(4,5)19-12-15-11-14-10-9-13-7-6-8-16(13)17(14)20-15/h9-10,15H,6-8,11-12H2,1-5H3. The molecule has 21 heavy (non-hydrogen) atoms. The average molecular weight is 305 g/mol. The summed E-state index contributed by atoms with van der Waals surface area (Å²) in [6.07, 6.45) is 4.91. The molecule has 3 heteroatoms. The molecule has 1 heterocycles. The maximum atomic E-state index is 6.34. The summed E-state index contributed by atoms with van der Waals surface area (Å²) in [4.78, 5) is 0. The molecule has 116 valence electrons. The van der Waals surface area contributed by atoms with Crippen LogP contribution in [0.15, 0.2) is 12.1 Å². The molecule has 0 fully saturated rings. The van der Waals surface area contributed by atoms with Crippen LogP contribution in [0.1, 0.15) is 43.9 Å². The molecule has 1 unspecified atom stereocenters. The average Bonchev–Trinajstić information content (AvgIpc) is 3.00. The fourth-order valence-electron chi connectivity index (χ4n) is 3.05. The SMILES string of the molecule is CC(C)(C)[Si](C)(C)OCC1Cc2ccc3c(c2O1)CCC3. The first kappa shape index (κ1) is 15.1. The number of hydrogen-bond donors (Lipinski definition) is 0. The van der Waals surface area contributed by atoms with E-state index in [1.807, 2.05) is 0 Å². The van der Waals surface area contributed by atoms with Crippen LogP contribution in [0.25, 0.3) is 0 Å². The van der Waals surface area contributed by atoms with Gasteiger partial charge in [-0.25, -0.2) is 0 Å². The minimum Gasteiger partial charge on any atom is -0.487 e. The molecule has 0 radical (unpaired) electrons. The summed E-state index contributed by atoms with van der Waals surface area (Å²) >= 11 is 0. The highest BCUT2D eigenvalue weighted by Crippen LogP contribution is 2.40. The zero-order chi connectivity index (χ0) is 15.3. The van der Waals surface area contributed by atoms with Crippen LogP contribution in [-0.2, 0) is 23.7 Å². The Hall–Kier alpha value is -0.803. The molecule has 0 N–H and O–H groups in total. The van der Waals surface area contributed by atoms with E-state index in [0.29, 0.717) is 0 Å². The van der Waals surface area contributed by atoms with Gasteiger partial charge in [-0.3, -0.25) is 0 Å². The number of ether oxygens (including phenoxy) is 1. The molecular weight excluding hydrogens is 276 g/mol. The maximum Gasteiger partial charge on any atom is 0.192 e. The summed E-state index contributed by atoms with van der Waals surface area (Å²) in [5.74, 6) is 1.19. The van der Waals surface area contributed by atoms with E-state index in [4.69, 9.17) is 9.16 Å². The molecule has 2 aliphatic rings. The lowest BCUT2D eigenvalue weighted by Crippen LogP contribution is -2.43. The van der Waals surface area contributed by atoms with Gasteiger partial charge in [0.2, 0.25) is 0 Å². The van der Waals surface area contributed by atoms with Crippen LogP contribution in [-0.4, -0.2) is 21.0 Å². The van der Waals surface area contributed by atoms with Gasteiger partial charge in [-0.1, -0.05) is 32.9 Å². The highest BCUT2D eigenvalue weighted by atomic mass is 28.4. The summed E-state index contributed by atoms with van der Waals surface area (Å²) in [6, 6.07) is 4.58. The van der Waals surface area contributed by atoms with Crippen LogP contribution in [0.2, 0.25) is 18.1 Å². The molecule has 1 aromatic rings. The number of rotatable bonds is 3. The van der Waals surface area contributed by atoms with Crippen LogP contribution in [0.3, 0.4) is 0 Å². The van der Waals surface area contributed by atoms with Gasteiger partial charge < -0.3 is 9.16 Å². The summed E-state index contributed by atoms with van der Waals surface area (Å²) in [6.45, 7) is 12.2. The Balaban J connectivity index is 1.66. The van der Waals surface area contributed by atoms with Crippen LogP contribution >= 0.6 is 0 Å². The van der Waals surface area contributed by atoms with Crippen molar-refractivity contribution >= 4 is 8.32 Å². The van der Waals surface area contributed by atoms with Crippen molar-refractivity contribution in [1.82, 2.24) is 0 Å². The molecule has 0 saturated carbocycles. The zero-order valence-electron chi connectivity index (χ0n) is 14.1. The topological polar surface area (TPSA) is 18.5 Å². The van der Waals surface area contributed by atoms with Gasteiger partial charge in [0.25, 0.3) is 0 Å². The van der Waals surface area contributed by atoms with Crippen LogP contribution in [0, 0.1) is 0 Å². The first-order valence-electron chi connectivity index (χ1n) is 8.22. The molecule has 1 aromatic carbocycles. The van der Waals surface area contributed by atoms with Gasteiger partial charge in [0.15, 0.2) is 8.32 Å². The Kier molecular flexibility index (Phi) is 3.69. The molecule has 1 aliphatic carbocycles. The second-order valence-corrected chi connectivity index (χ2v) is 12.9. The Morgan fingerprint density at radius 1 is 1.19 bits per heavy atom. The minimum absolute atomic E-state index is 0.209. The molecular formula is C18H28O2Si. The molecule has 0 aromatic heterocycles. The van der Waals surface area contributed by atoms with Crippen molar-refractivity contribution in [2.45, 2.75) is 70.7 Å². The van der Waals surface area contributed by atoms with E-state index in [1.54, 1.807) is 0 Å². The van der Waals surface area contributed by atoms with Gasteiger partial charge in [-0.05, 0) is 54.1 Å². The van der Waals surface area contributed by atoms with Gasteiger partial charge in [-0.2, -0.15) is 0 Å². The van der Waals surface area contributed by atoms with Gasteiger partial charge in [-0.15, -0.1) is 0 Å². The molecule has 0 spiro atoms. The third kappa shape index (κ3) is 2.78. The highest BCUT2D eigenvalue weighted by molar-refractivity contribution is 6.74. The van der Waals surface area contributed by atoms with Crippen molar-refractivity contribution in [2.75, 3.05) is 6.61 Å². The Morgan fingerprint density at radius 3 is 2.62 bits per heavy atom. The molecule has 3 rings (SSSR count). The Morgan fingerprint density at radius 2 is 1.90 bits per heavy atom. The van der Waals surface area contributed by atoms with Crippen molar-refractivity contribution in [1.29, 1.82) is 0 Å². The normalized spacial score (nSPS) is 21.1. The van der Waals surface area contributed by atoms with Crippen LogP contribution < -0.4 is 4.74 Å². The minimum atomic E-state index is -1.68. The summed E-state index contributed by atoms with van der Waals surface area (Å²) in [7, 11) is -1.68. The predicted octanol–water partition coefficient (Wildman–Crippen LogP) is 4.50. The van der Waals surface area contributed by atoms with Gasteiger partial charge in [0, 0.05) is 6.42 Å². The first-order valence-corrected chi connectivity index (χ1v) is 11.1. The van der Waals surface area contributed by atoms with Crippen molar-refractivity contribution < 1.29 is 9.16 Å². The fraction of sp³-hybridized carbons (Fsp3) is 0.667. The summed E-state index contributed by atoms with van der Waals surface area (Å²) < 4.78 is 12.6. The molecule has 1 aliphatic heterocycles. The first-order chi connectivity index (χ1) is 9.78. The molecule has 0 bridgehead atoms. The third-order valence-corrected chi connectivity index (χ3v) is 9.98. The highest BCUT2D eigenvalue weighted by Gasteiger charge is 2.38. The van der Waals surface area contributed by atoms with E-state index in [9.17, 15) is 0 Å². The second kappa shape index (κ2) is 5.13. The lowest BCUT2D eigenvalue weighted by atomic mass is 10.0. The zero-order valence-corrected chi connectivity index (χ0v) is 15.1. The van der Waals surface area contributed by atoms with Crippen molar-refractivity contribution in [3.05, 3.63) is 28.8 Å². The lowest BCUT2D eigenvalue weighted by Gasteiger charge is -2.36. The van der Waals surface area contributed by atoms with E-state index in [-0.39, 0.29) is 11.1 Å². The number of aryl methyl sites for hydroxylation is 1. The number of fused-ring (bicyclic) bond motifs is 3. The van der Waals surface area contributed by atoms with Crippen molar-refractivity contribution in [3.8, 4) is 5.75 Å². The largest absolute Gasteiger partial charge is 0.487 e. The van der Waals surface area contributed by atoms with E-state index in [2.05, 4.69) is 46.0 Å². The Bertz CT molecular complexity index is 543. The van der Waals surface area contributed by atoms with E-state index < -0.39 is 8.32 Å². The van der Waals surface area contributed by atoms with Crippen LogP contribution in [0.4, 0.5) is 0 Å². The van der Waals surface area contributed by atoms with Gasteiger partial charge >= 0.3 is 0 Å². The quantitative estimate of drug-likeness (QED) is 0.765. The van der Waals surface area contributed by atoms with Crippen molar-refractivity contribution in [3.63, 3.8) is 0 Å². The van der Waals surface area contributed by atoms with E-state index in [0.717, 1.165) is 13.0 Å². The number of benzene rings is 1.